The maximum Gasteiger partial charge on any atom is 0.326 e. The van der Waals surface area contributed by atoms with E-state index in [1.165, 1.54) is 14.2 Å². The molecule has 2 aliphatic rings. The molecule has 0 saturated carbocycles. The second-order valence-electron chi connectivity index (χ2n) is 6.86. The van der Waals surface area contributed by atoms with Gasteiger partial charge in [-0.15, -0.1) is 0 Å². The van der Waals surface area contributed by atoms with Gasteiger partial charge in [-0.05, 0) is 24.6 Å². The summed E-state index contributed by atoms with van der Waals surface area (Å²) >= 11 is 0. The Hall–Kier alpha value is -2.65. The van der Waals surface area contributed by atoms with Crippen LogP contribution in [0.4, 0.5) is 4.79 Å². The molecule has 0 bridgehead atoms. The zero-order valence-electron chi connectivity index (χ0n) is 15.5. The highest BCUT2D eigenvalue weighted by atomic mass is 16.5. The smallest absolute Gasteiger partial charge is 0.326 e. The number of ether oxygens (including phenoxy) is 2. The summed E-state index contributed by atoms with van der Waals surface area (Å²) in [5.74, 6) is -0.373. The maximum atomic E-state index is 13.0. The van der Waals surface area contributed by atoms with Gasteiger partial charge in [0.05, 0.1) is 27.0 Å². The Bertz CT molecular complexity index is 769. The number of rotatable bonds is 5. The van der Waals surface area contributed by atoms with Crippen molar-refractivity contribution in [2.75, 3.05) is 27.4 Å². The molecular formula is C18H23N3O6. The Labute approximate surface area is 156 Å². The number of nitrogens with zero attached hydrogens (tertiary/aromatic N) is 2. The SMILES string of the molecule is COC(=O)[C@@H]1C[C@@H](O)CN1CN1C(=O)N[C@](C)(c2cccc(OC)c2)C1=O. The Morgan fingerprint density at radius 2 is 2.11 bits per heavy atom. The third-order valence-corrected chi connectivity index (χ3v) is 5.10. The van der Waals surface area contributed by atoms with Crippen molar-refractivity contribution in [1.82, 2.24) is 15.1 Å². The first kappa shape index (κ1) is 19.1. The van der Waals surface area contributed by atoms with Gasteiger partial charge in [-0.2, -0.15) is 0 Å². The molecule has 2 aliphatic heterocycles. The first-order valence-corrected chi connectivity index (χ1v) is 8.58. The van der Waals surface area contributed by atoms with Crippen molar-refractivity contribution >= 4 is 17.9 Å². The molecule has 2 fully saturated rings. The maximum absolute atomic E-state index is 13.0. The van der Waals surface area contributed by atoms with Crippen molar-refractivity contribution in [2.24, 2.45) is 0 Å². The Balaban J connectivity index is 1.82. The molecule has 9 heteroatoms. The lowest BCUT2D eigenvalue weighted by Gasteiger charge is -2.27. The second kappa shape index (κ2) is 7.16. The van der Waals surface area contributed by atoms with Crippen LogP contribution in [0.3, 0.4) is 0 Å². The lowest BCUT2D eigenvalue weighted by Crippen LogP contribution is -2.47. The van der Waals surface area contributed by atoms with E-state index in [9.17, 15) is 19.5 Å². The third kappa shape index (κ3) is 3.35. The largest absolute Gasteiger partial charge is 0.497 e. The van der Waals surface area contributed by atoms with E-state index in [0.717, 1.165) is 4.90 Å². The third-order valence-electron chi connectivity index (χ3n) is 5.10. The van der Waals surface area contributed by atoms with Gasteiger partial charge in [0.2, 0.25) is 0 Å². The predicted molar refractivity (Wildman–Crippen MR) is 93.7 cm³/mol. The van der Waals surface area contributed by atoms with Crippen LogP contribution in [-0.4, -0.2) is 72.4 Å². The van der Waals surface area contributed by atoms with Crippen molar-refractivity contribution < 1.29 is 29.0 Å². The number of methoxy groups -OCH3 is 2. The number of esters is 1. The Kier molecular flexibility index (Phi) is 5.07. The average molecular weight is 377 g/mol. The normalized spacial score (nSPS) is 28.4. The zero-order chi connectivity index (χ0) is 19.8. The van der Waals surface area contributed by atoms with Crippen molar-refractivity contribution in [3.63, 3.8) is 0 Å². The van der Waals surface area contributed by atoms with E-state index in [4.69, 9.17) is 9.47 Å². The minimum absolute atomic E-state index is 0.110. The summed E-state index contributed by atoms with van der Waals surface area (Å²) < 4.78 is 9.95. The number of carbonyl (C=O) groups excluding carboxylic acids is 3. The number of benzene rings is 1. The van der Waals surface area contributed by atoms with Crippen LogP contribution in [0.15, 0.2) is 24.3 Å². The molecule has 0 unspecified atom stereocenters. The van der Waals surface area contributed by atoms with E-state index in [-0.39, 0.29) is 19.6 Å². The van der Waals surface area contributed by atoms with Crippen LogP contribution < -0.4 is 10.1 Å². The van der Waals surface area contributed by atoms with Crippen LogP contribution in [0, 0.1) is 0 Å². The fraction of sp³-hybridized carbons (Fsp3) is 0.500. The number of β-amino-alcohol motifs (C(OH)–C–C–N with tert-alkyl or cyclic N) is 1. The Morgan fingerprint density at radius 1 is 1.37 bits per heavy atom. The molecule has 0 spiro atoms. The summed E-state index contributed by atoms with van der Waals surface area (Å²) in [5, 5.41) is 12.6. The number of urea groups is 1. The van der Waals surface area contributed by atoms with Gasteiger partial charge >= 0.3 is 12.0 Å². The standard InChI is InChI=1S/C18H23N3O6/c1-18(11-5-4-6-13(7-11)26-2)16(24)21(17(25)19-18)10-20-9-12(22)8-14(20)15(23)27-3/h4-7,12,14,22H,8-10H2,1-3H3,(H,19,25)/t12-,14+,18-/m1/s1. The molecule has 2 heterocycles. The number of carbonyl (C=O) groups is 3. The molecule has 146 valence electrons. The molecule has 0 aromatic heterocycles. The van der Waals surface area contributed by atoms with Gasteiger partial charge < -0.3 is 19.9 Å². The fourth-order valence-corrected chi connectivity index (χ4v) is 3.55. The van der Waals surface area contributed by atoms with E-state index < -0.39 is 35.6 Å². The second-order valence-corrected chi connectivity index (χ2v) is 6.86. The van der Waals surface area contributed by atoms with Crippen LogP contribution in [-0.2, 0) is 19.9 Å². The van der Waals surface area contributed by atoms with Gasteiger partial charge in [-0.25, -0.2) is 9.69 Å². The lowest BCUT2D eigenvalue weighted by atomic mass is 9.92. The number of amides is 3. The number of imide groups is 1. The van der Waals surface area contributed by atoms with Crippen LogP contribution in [0.25, 0.3) is 0 Å². The molecular weight excluding hydrogens is 354 g/mol. The minimum Gasteiger partial charge on any atom is -0.497 e. The van der Waals surface area contributed by atoms with Gasteiger partial charge in [0.25, 0.3) is 5.91 Å². The molecule has 27 heavy (non-hydrogen) atoms. The first-order valence-electron chi connectivity index (χ1n) is 8.58. The van der Waals surface area contributed by atoms with E-state index in [2.05, 4.69) is 5.32 Å². The summed E-state index contributed by atoms with van der Waals surface area (Å²) in [6, 6.07) is 5.66. The van der Waals surface area contributed by atoms with Gasteiger partial charge in [0.15, 0.2) is 0 Å². The van der Waals surface area contributed by atoms with Gasteiger partial charge in [-0.1, -0.05) is 12.1 Å². The quantitative estimate of drug-likeness (QED) is 0.550. The first-order chi connectivity index (χ1) is 12.8. The molecule has 2 saturated heterocycles. The number of aliphatic hydroxyl groups is 1. The summed E-state index contributed by atoms with van der Waals surface area (Å²) in [6.07, 6.45) is -0.525. The summed E-state index contributed by atoms with van der Waals surface area (Å²) in [4.78, 5) is 40.1. The highest BCUT2D eigenvalue weighted by molar-refractivity contribution is 6.07. The highest BCUT2D eigenvalue weighted by Crippen LogP contribution is 2.31. The van der Waals surface area contributed by atoms with Crippen molar-refractivity contribution in [2.45, 2.75) is 31.0 Å². The van der Waals surface area contributed by atoms with Crippen LogP contribution in [0.2, 0.25) is 0 Å². The van der Waals surface area contributed by atoms with Crippen LogP contribution in [0.5, 0.6) is 5.75 Å². The number of nitrogens with one attached hydrogen (secondary N) is 1. The van der Waals surface area contributed by atoms with E-state index >= 15 is 0 Å². The summed E-state index contributed by atoms with van der Waals surface area (Å²) in [5.41, 5.74) is -0.654. The van der Waals surface area contributed by atoms with Crippen LogP contribution >= 0.6 is 0 Å². The Morgan fingerprint density at radius 3 is 2.78 bits per heavy atom. The molecule has 0 radical (unpaired) electrons. The molecule has 0 aliphatic carbocycles. The molecule has 1 aromatic rings. The number of aliphatic hydroxyl groups excluding tert-OH is 1. The van der Waals surface area contributed by atoms with Gasteiger partial charge in [0.1, 0.15) is 17.3 Å². The predicted octanol–water partition coefficient (Wildman–Crippen LogP) is 0.0279. The number of hydrogen-bond acceptors (Lipinski definition) is 7. The van der Waals surface area contributed by atoms with Gasteiger partial charge in [-0.3, -0.25) is 14.5 Å². The number of hydrogen-bond donors (Lipinski definition) is 2. The van der Waals surface area contributed by atoms with E-state index in [1.54, 1.807) is 36.1 Å². The van der Waals surface area contributed by atoms with E-state index in [1.807, 2.05) is 0 Å². The zero-order valence-corrected chi connectivity index (χ0v) is 15.5. The highest BCUT2D eigenvalue weighted by Gasteiger charge is 2.50. The molecule has 3 amide bonds. The molecule has 1 aromatic carbocycles. The minimum atomic E-state index is -1.25. The van der Waals surface area contributed by atoms with Crippen LogP contribution in [0.1, 0.15) is 18.9 Å². The topological polar surface area (TPSA) is 108 Å². The molecule has 2 N–H and O–H groups in total. The molecule has 9 nitrogen and oxygen atoms in total. The number of likely N-dealkylation sites (tertiary alicyclic amines) is 1. The fourth-order valence-electron chi connectivity index (χ4n) is 3.55. The average Bonchev–Trinajstić information content (AvgIpc) is 3.14. The summed E-state index contributed by atoms with van der Waals surface area (Å²) in [7, 11) is 2.78. The van der Waals surface area contributed by atoms with Crippen molar-refractivity contribution in [3.05, 3.63) is 29.8 Å². The summed E-state index contributed by atoms with van der Waals surface area (Å²) in [6.45, 7) is 1.69. The molecule has 3 atom stereocenters. The molecule has 3 rings (SSSR count). The van der Waals surface area contributed by atoms with Crippen molar-refractivity contribution in [3.8, 4) is 5.75 Å². The monoisotopic (exact) mass is 377 g/mol. The van der Waals surface area contributed by atoms with Gasteiger partial charge in [0, 0.05) is 13.0 Å². The lowest BCUT2D eigenvalue weighted by molar-refractivity contribution is -0.147. The van der Waals surface area contributed by atoms with Crippen molar-refractivity contribution in [1.29, 1.82) is 0 Å². The van der Waals surface area contributed by atoms with E-state index in [0.29, 0.717) is 11.3 Å².